The minimum Gasteiger partial charge on any atom is -0.324 e. The molecule has 0 amide bonds. The van der Waals surface area contributed by atoms with E-state index in [4.69, 9.17) is 5.73 Å². The van der Waals surface area contributed by atoms with Gasteiger partial charge < -0.3 is 5.73 Å². The average Bonchev–Trinajstić information content (AvgIpc) is 2.31. The standard InChI is InChI=1S/C15H22BrN/c1-9-7-12(16)10(2)14-11(9)5-6-15(3,4)8-13(14)17/h7,13H,5-6,8,17H2,1-4H3. The van der Waals surface area contributed by atoms with Crippen LogP contribution in [0.5, 0.6) is 0 Å². The van der Waals surface area contributed by atoms with Crippen LogP contribution in [0.25, 0.3) is 0 Å². The van der Waals surface area contributed by atoms with E-state index in [0.29, 0.717) is 5.41 Å². The maximum atomic E-state index is 6.44. The predicted octanol–water partition coefficient (Wildman–Crippen LogP) is 4.43. The minimum absolute atomic E-state index is 0.179. The van der Waals surface area contributed by atoms with Gasteiger partial charge in [-0.2, -0.15) is 0 Å². The zero-order valence-corrected chi connectivity index (χ0v) is 12.8. The van der Waals surface area contributed by atoms with Crippen LogP contribution in [0.1, 0.15) is 55.0 Å². The Balaban J connectivity index is 2.59. The first-order chi connectivity index (χ1) is 7.82. The van der Waals surface area contributed by atoms with Crippen molar-refractivity contribution in [2.45, 2.75) is 53.0 Å². The fourth-order valence-electron chi connectivity index (χ4n) is 3.05. The molecule has 0 saturated heterocycles. The molecule has 1 nitrogen and oxygen atoms in total. The summed E-state index contributed by atoms with van der Waals surface area (Å²) in [6.45, 7) is 9.05. The van der Waals surface area contributed by atoms with Crippen molar-refractivity contribution < 1.29 is 0 Å². The molecule has 1 aromatic carbocycles. The summed E-state index contributed by atoms with van der Waals surface area (Å²) in [5, 5.41) is 0. The SMILES string of the molecule is Cc1cc(Br)c(C)c2c1CCC(C)(C)CC2N. The number of rotatable bonds is 0. The number of halogens is 1. The predicted molar refractivity (Wildman–Crippen MR) is 77.3 cm³/mol. The van der Waals surface area contributed by atoms with Crippen molar-refractivity contribution in [3.8, 4) is 0 Å². The molecule has 2 rings (SSSR count). The maximum absolute atomic E-state index is 6.44. The average molecular weight is 296 g/mol. The zero-order chi connectivity index (χ0) is 12.8. The van der Waals surface area contributed by atoms with Crippen LogP contribution in [0.4, 0.5) is 0 Å². The van der Waals surface area contributed by atoms with Gasteiger partial charge in [0.15, 0.2) is 0 Å². The summed E-state index contributed by atoms with van der Waals surface area (Å²) in [7, 11) is 0. The number of benzene rings is 1. The van der Waals surface area contributed by atoms with E-state index in [1.165, 1.54) is 33.1 Å². The molecule has 1 unspecified atom stereocenters. The molecule has 0 radical (unpaired) electrons. The lowest BCUT2D eigenvalue weighted by Crippen LogP contribution is -2.20. The number of aryl methyl sites for hydroxylation is 1. The van der Waals surface area contributed by atoms with Gasteiger partial charge in [0.1, 0.15) is 0 Å². The van der Waals surface area contributed by atoms with E-state index in [1.54, 1.807) is 0 Å². The summed E-state index contributed by atoms with van der Waals surface area (Å²) in [4.78, 5) is 0. The monoisotopic (exact) mass is 295 g/mol. The molecule has 0 aromatic heterocycles. The summed E-state index contributed by atoms with van der Waals surface area (Å²) in [5.41, 5.74) is 12.4. The first-order valence-corrected chi connectivity index (χ1v) is 7.15. The molecule has 1 atom stereocenters. The van der Waals surface area contributed by atoms with Crippen LogP contribution in [-0.4, -0.2) is 0 Å². The summed E-state index contributed by atoms with van der Waals surface area (Å²) in [5.74, 6) is 0. The molecule has 1 aliphatic carbocycles. The number of nitrogens with two attached hydrogens (primary N) is 1. The van der Waals surface area contributed by atoms with Gasteiger partial charge in [-0.1, -0.05) is 29.8 Å². The molecule has 0 spiro atoms. The highest BCUT2D eigenvalue weighted by molar-refractivity contribution is 9.10. The molecule has 0 bridgehead atoms. The van der Waals surface area contributed by atoms with Crippen LogP contribution in [0.3, 0.4) is 0 Å². The first kappa shape index (κ1) is 13.1. The highest BCUT2D eigenvalue weighted by atomic mass is 79.9. The van der Waals surface area contributed by atoms with Gasteiger partial charge in [0.2, 0.25) is 0 Å². The van der Waals surface area contributed by atoms with E-state index >= 15 is 0 Å². The van der Waals surface area contributed by atoms with Crippen LogP contribution in [0.2, 0.25) is 0 Å². The van der Waals surface area contributed by atoms with Gasteiger partial charge in [-0.25, -0.2) is 0 Å². The topological polar surface area (TPSA) is 26.0 Å². The third kappa shape index (κ3) is 2.43. The molecule has 1 aromatic rings. The molecule has 0 aliphatic heterocycles. The third-order valence-electron chi connectivity index (χ3n) is 4.10. The summed E-state index contributed by atoms with van der Waals surface area (Å²) in [6.07, 6.45) is 3.47. The lowest BCUT2D eigenvalue weighted by molar-refractivity contribution is 0.293. The Morgan fingerprint density at radius 2 is 2.00 bits per heavy atom. The molecule has 0 saturated carbocycles. The first-order valence-electron chi connectivity index (χ1n) is 6.36. The lowest BCUT2D eigenvalue weighted by atomic mass is 9.83. The Morgan fingerprint density at radius 3 is 2.65 bits per heavy atom. The van der Waals surface area contributed by atoms with Crippen LogP contribution in [0.15, 0.2) is 10.5 Å². The Labute approximate surface area is 113 Å². The molecular formula is C15H22BrN. The second-order valence-electron chi connectivity index (χ2n) is 6.17. The molecule has 0 heterocycles. The van der Waals surface area contributed by atoms with Gasteiger partial charge in [0, 0.05) is 10.5 Å². The van der Waals surface area contributed by atoms with E-state index in [1.807, 2.05) is 0 Å². The van der Waals surface area contributed by atoms with Gasteiger partial charge >= 0.3 is 0 Å². The summed E-state index contributed by atoms with van der Waals surface area (Å²) >= 11 is 3.65. The van der Waals surface area contributed by atoms with Crippen molar-refractivity contribution in [2.75, 3.05) is 0 Å². The molecule has 1 aliphatic rings. The van der Waals surface area contributed by atoms with Crippen molar-refractivity contribution in [3.05, 3.63) is 32.8 Å². The summed E-state index contributed by atoms with van der Waals surface area (Å²) < 4.78 is 1.20. The van der Waals surface area contributed by atoms with Gasteiger partial charge in [0.05, 0.1) is 0 Å². The minimum atomic E-state index is 0.179. The Bertz CT molecular complexity index is 449. The number of fused-ring (bicyclic) bond motifs is 1. The molecule has 2 N–H and O–H groups in total. The molecule has 2 heteroatoms. The van der Waals surface area contributed by atoms with Crippen molar-refractivity contribution in [2.24, 2.45) is 11.1 Å². The zero-order valence-electron chi connectivity index (χ0n) is 11.2. The highest BCUT2D eigenvalue weighted by Gasteiger charge is 2.29. The van der Waals surface area contributed by atoms with Crippen molar-refractivity contribution in [3.63, 3.8) is 0 Å². The van der Waals surface area contributed by atoms with E-state index in [-0.39, 0.29) is 6.04 Å². The third-order valence-corrected chi connectivity index (χ3v) is 4.93. The highest BCUT2D eigenvalue weighted by Crippen LogP contribution is 2.41. The second kappa shape index (κ2) is 4.40. The summed E-state index contributed by atoms with van der Waals surface area (Å²) in [6, 6.07) is 2.41. The van der Waals surface area contributed by atoms with Gasteiger partial charge in [-0.05, 0) is 66.8 Å². The van der Waals surface area contributed by atoms with Gasteiger partial charge in [-0.15, -0.1) is 0 Å². The molecule has 94 valence electrons. The Morgan fingerprint density at radius 1 is 1.35 bits per heavy atom. The van der Waals surface area contributed by atoms with E-state index in [9.17, 15) is 0 Å². The van der Waals surface area contributed by atoms with Gasteiger partial charge in [-0.3, -0.25) is 0 Å². The van der Waals surface area contributed by atoms with Crippen LogP contribution < -0.4 is 5.73 Å². The van der Waals surface area contributed by atoms with E-state index < -0.39 is 0 Å². The van der Waals surface area contributed by atoms with Crippen molar-refractivity contribution in [1.29, 1.82) is 0 Å². The number of hydrogen-bond acceptors (Lipinski definition) is 1. The largest absolute Gasteiger partial charge is 0.324 e. The lowest BCUT2D eigenvalue weighted by Gasteiger charge is -2.25. The quantitative estimate of drug-likeness (QED) is 0.704. The van der Waals surface area contributed by atoms with E-state index in [0.717, 1.165) is 12.8 Å². The fourth-order valence-corrected chi connectivity index (χ4v) is 3.61. The van der Waals surface area contributed by atoms with Crippen molar-refractivity contribution >= 4 is 15.9 Å². The Kier molecular flexibility index (Phi) is 3.39. The normalized spacial score (nSPS) is 23.1. The molecular weight excluding hydrogens is 274 g/mol. The maximum Gasteiger partial charge on any atom is 0.0305 e. The molecule has 17 heavy (non-hydrogen) atoms. The molecule has 0 fully saturated rings. The number of hydrogen-bond donors (Lipinski definition) is 1. The second-order valence-corrected chi connectivity index (χ2v) is 7.02. The van der Waals surface area contributed by atoms with Crippen LogP contribution in [0, 0.1) is 19.3 Å². The van der Waals surface area contributed by atoms with E-state index in [2.05, 4.69) is 49.7 Å². The smallest absolute Gasteiger partial charge is 0.0305 e. The van der Waals surface area contributed by atoms with Crippen molar-refractivity contribution in [1.82, 2.24) is 0 Å². The fraction of sp³-hybridized carbons (Fsp3) is 0.600. The van der Waals surface area contributed by atoms with Gasteiger partial charge in [0.25, 0.3) is 0 Å². The Hall–Kier alpha value is -0.340. The van der Waals surface area contributed by atoms with Crippen LogP contribution in [-0.2, 0) is 6.42 Å². The van der Waals surface area contributed by atoms with Crippen LogP contribution >= 0.6 is 15.9 Å².